The molecule has 0 bridgehead atoms. The van der Waals surface area contributed by atoms with Gasteiger partial charge in [0.15, 0.2) is 0 Å². The van der Waals surface area contributed by atoms with E-state index in [4.69, 9.17) is 0 Å². The summed E-state index contributed by atoms with van der Waals surface area (Å²) >= 11 is 0. The topological polar surface area (TPSA) is 0 Å². The van der Waals surface area contributed by atoms with Crippen molar-refractivity contribution < 1.29 is 0 Å². The van der Waals surface area contributed by atoms with Crippen molar-refractivity contribution in [2.45, 2.75) is 59.3 Å². The first-order valence-corrected chi connectivity index (χ1v) is 5.73. The van der Waals surface area contributed by atoms with Crippen LogP contribution in [-0.2, 0) is 0 Å². The van der Waals surface area contributed by atoms with E-state index in [0.29, 0.717) is 0 Å². The van der Waals surface area contributed by atoms with Crippen LogP contribution in [0, 0.1) is 0 Å². The van der Waals surface area contributed by atoms with Gasteiger partial charge in [-0.2, -0.15) is 0 Å². The standard InChI is InChI=1S/C13H22/c1-4-8-13-11(5-2)9-7-10-12(13)6-3/h9H,4-8,10H2,1-3H3. The Morgan fingerprint density at radius 1 is 1.15 bits per heavy atom. The summed E-state index contributed by atoms with van der Waals surface area (Å²) in [7, 11) is 0. The lowest BCUT2D eigenvalue weighted by Crippen LogP contribution is -2.00. The van der Waals surface area contributed by atoms with Gasteiger partial charge in [-0.1, -0.05) is 38.8 Å². The summed E-state index contributed by atoms with van der Waals surface area (Å²) in [6.07, 6.45) is 10.1. The largest absolute Gasteiger partial charge is 0.0807 e. The highest BCUT2D eigenvalue weighted by Gasteiger charge is 2.12. The minimum Gasteiger partial charge on any atom is -0.0807 e. The Kier molecular flexibility index (Phi) is 4.27. The second-order valence-corrected chi connectivity index (χ2v) is 3.81. The van der Waals surface area contributed by atoms with Crippen molar-refractivity contribution in [2.75, 3.05) is 0 Å². The lowest BCUT2D eigenvalue weighted by molar-refractivity contribution is 0.790. The molecule has 0 aromatic carbocycles. The minimum atomic E-state index is 1.22. The molecule has 0 aromatic heterocycles. The Bertz CT molecular complexity index is 218. The van der Waals surface area contributed by atoms with Crippen LogP contribution in [-0.4, -0.2) is 0 Å². The first-order valence-electron chi connectivity index (χ1n) is 5.73. The molecule has 1 rings (SSSR count). The Morgan fingerprint density at radius 2 is 1.92 bits per heavy atom. The molecule has 13 heavy (non-hydrogen) atoms. The van der Waals surface area contributed by atoms with Crippen LogP contribution in [0.1, 0.15) is 59.3 Å². The SMILES string of the molecule is CCCC1=C(CC)CCC=C1CC. The van der Waals surface area contributed by atoms with Gasteiger partial charge in [0.05, 0.1) is 0 Å². The third-order valence-corrected chi connectivity index (χ3v) is 2.96. The second-order valence-electron chi connectivity index (χ2n) is 3.81. The van der Waals surface area contributed by atoms with E-state index < -0.39 is 0 Å². The molecule has 0 heterocycles. The zero-order chi connectivity index (χ0) is 9.68. The van der Waals surface area contributed by atoms with Gasteiger partial charge in [-0.05, 0) is 43.3 Å². The summed E-state index contributed by atoms with van der Waals surface area (Å²) in [4.78, 5) is 0. The summed E-state index contributed by atoms with van der Waals surface area (Å²) in [5.74, 6) is 0. The van der Waals surface area contributed by atoms with E-state index in [0.717, 1.165) is 0 Å². The smallest absolute Gasteiger partial charge is 0.0279 e. The molecule has 0 nitrogen and oxygen atoms in total. The normalized spacial score (nSPS) is 17.6. The van der Waals surface area contributed by atoms with E-state index in [1.54, 1.807) is 16.7 Å². The van der Waals surface area contributed by atoms with Crippen molar-refractivity contribution >= 4 is 0 Å². The molecular weight excluding hydrogens is 156 g/mol. The molecule has 0 unspecified atom stereocenters. The highest BCUT2D eigenvalue weighted by atomic mass is 14.2. The van der Waals surface area contributed by atoms with Crippen molar-refractivity contribution in [3.8, 4) is 0 Å². The van der Waals surface area contributed by atoms with Gasteiger partial charge in [-0.15, -0.1) is 0 Å². The van der Waals surface area contributed by atoms with Crippen LogP contribution in [0.5, 0.6) is 0 Å². The lowest BCUT2D eigenvalue weighted by Gasteiger charge is -2.20. The van der Waals surface area contributed by atoms with Gasteiger partial charge in [0, 0.05) is 0 Å². The lowest BCUT2D eigenvalue weighted by atomic mass is 9.86. The summed E-state index contributed by atoms with van der Waals surface area (Å²) in [5.41, 5.74) is 5.05. The van der Waals surface area contributed by atoms with E-state index in [1.165, 1.54) is 38.5 Å². The zero-order valence-electron chi connectivity index (χ0n) is 9.32. The van der Waals surface area contributed by atoms with Crippen LogP contribution in [0.2, 0.25) is 0 Å². The highest BCUT2D eigenvalue weighted by Crippen LogP contribution is 2.31. The van der Waals surface area contributed by atoms with E-state index in [-0.39, 0.29) is 0 Å². The summed E-state index contributed by atoms with van der Waals surface area (Å²) in [6, 6.07) is 0. The molecule has 74 valence electrons. The molecule has 0 radical (unpaired) electrons. The molecule has 0 saturated carbocycles. The Labute approximate surface area is 82.7 Å². The summed E-state index contributed by atoms with van der Waals surface area (Å²) in [6.45, 7) is 6.85. The Balaban J connectivity index is 2.85. The molecule has 0 atom stereocenters. The van der Waals surface area contributed by atoms with Gasteiger partial charge in [0.1, 0.15) is 0 Å². The first kappa shape index (κ1) is 10.6. The second kappa shape index (κ2) is 5.26. The van der Waals surface area contributed by atoms with Crippen molar-refractivity contribution in [2.24, 2.45) is 0 Å². The predicted octanol–water partition coefficient (Wildman–Crippen LogP) is 4.62. The van der Waals surface area contributed by atoms with Gasteiger partial charge in [0.25, 0.3) is 0 Å². The minimum absolute atomic E-state index is 1.22. The van der Waals surface area contributed by atoms with Gasteiger partial charge in [0.2, 0.25) is 0 Å². The van der Waals surface area contributed by atoms with Gasteiger partial charge < -0.3 is 0 Å². The van der Waals surface area contributed by atoms with E-state index in [1.807, 2.05) is 0 Å². The van der Waals surface area contributed by atoms with Crippen molar-refractivity contribution in [3.63, 3.8) is 0 Å². The molecule has 1 aliphatic rings. The van der Waals surface area contributed by atoms with Crippen LogP contribution in [0.3, 0.4) is 0 Å². The fourth-order valence-electron chi connectivity index (χ4n) is 2.26. The fraction of sp³-hybridized carbons (Fsp3) is 0.692. The average Bonchev–Trinajstić information content (AvgIpc) is 2.18. The molecule has 0 amide bonds. The molecule has 0 saturated heterocycles. The predicted molar refractivity (Wildman–Crippen MR) is 59.8 cm³/mol. The third-order valence-electron chi connectivity index (χ3n) is 2.96. The van der Waals surface area contributed by atoms with Crippen LogP contribution >= 0.6 is 0 Å². The molecular formula is C13H22. The van der Waals surface area contributed by atoms with Gasteiger partial charge >= 0.3 is 0 Å². The molecule has 0 fully saturated rings. The average molecular weight is 178 g/mol. The number of allylic oxidation sites excluding steroid dienone is 4. The monoisotopic (exact) mass is 178 g/mol. The maximum absolute atomic E-state index is 2.45. The van der Waals surface area contributed by atoms with Crippen LogP contribution in [0.15, 0.2) is 22.8 Å². The van der Waals surface area contributed by atoms with Crippen LogP contribution in [0.25, 0.3) is 0 Å². The number of rotatable bonds is 4. The maximum Gasteiger partial charge on any atom is -0.0279 e. The van der Waals surface area contributed by atoms with Crippen molar-refractivity contribution in [1.29, 1.82) is 0 Å². The number of hydrogen-bond acceptors (Lipinski definition) is 0. The van der Waals surface area contributed by atoms with E-state index >= 15 is 0 Å². The molecule has 0 aromatic rings. The van der Waals surface area contributed by atoms with E-state index in [9.17, 15) is 0 Å². The molecule has 0 aliphatic heterocycles. The zero-order valence-corrected chi connectivity index (χ0v) is 9.32. The quantitative estimate of drug-likeness (QED) is 0.589. The fourth-order valence-corrected chi connectivity index (χ4v) is 2.26. The third kappa shape index (κ3) is 2.46. The molecule has 1 aliphatic carbocycles. The van der Waals surface area contributed by atoms with Crippen molar-refractivity contribution in [1.82, 2.24) is 0 Å². The number of hydrogen-bond donors (Lipinski definition) is 0. The Hall–Kier alpha value is -0.520. The van der Waals surface area contributed by atoms with Crippen LogP contribution in [0.4, 0.5) is 0 Å². The maximum atomic E-state index is 2.45. The van der Waals surface area contributed by atoms with Crippen molar-refractivity contribution in [3.05, 3.63) is 22.8 Å². The molecule has 0 spiro atoms. The summed E-state index contributed by atoms with van der Waals surface area (Å²) < 4.78 is 0. The molecule has 0 heteroatoms. The first-order chi connectivity index (χ1) is 6.33. The summed E-state index contributed by atoms with van der Waals surface area (Å²) in [5, 5.41) is 0. The van der Waals surface area contributed by atoms with Gasteiger partial charge in [-0.3, -0.25) is 0 Å². The van der Waals surface area contributed by atoms with Gasteiger partial charge in [-0.25, -0.2) is 0 Å². The molecule has 0 N–H and O–H groups in total. The van der Waals surface area contributed by atoms with E-state index in [2.05, 4.69) is 26.8 Å². The van der Waals surface area contributed by atoms with Crippen LogP contribution < -0.4 is 0 Å². The highest BCUT2D eigenvalue weighted by molar-refractivity contribution is 5.38. The Morgan fingerprint density at radius 3 is 2.46 bits per heavy atom.